The summed E-state index contributed by atoms with van der Waals surface area (Å²) in [6.07, 6.45) is 7.17. The zero-order valence-electron chi connectivity index (χ0n) is 20.0. The summed E-state index contributed by atoms with van der Waals surface area (Å²) in [5, 5.41) is 1.15. The van der Waals surface area contributed by atoms with E-state index in [2.05, 4.69) is 62.1 Å². The number of hydrogen-bond donors (Lipinski definition) is 1. The lowest BCUT2D eigenvalue weighted by Crippen LogP contribution is -2.54. The van der Waals surface area contributed by atoms with Crippen molar-refractivity contribution in [1.29, 1.82) is 0 Å². The van der Waals surface area contributed by atoms with Crippen molar-refractivity contribution in [3.8, 4) is 0 Å². The highest BCUT2D eigenvalue weighted by Crippen LogP contribution is 2.35. The Balaban J connectivity index is 1.17. The minimum absolute atomic E-state index is 0.169. The number of likely N-dealkylation sites (tertiary alicyclic amines) is 1. The maximum absolute atomic E-state index is 13.5. The molecular weight excluding hydrogens is 420 g/mol. The van der Waals surface area contributed by atoms with Gasteiger partial charge in [0.05, 0.1) is 0 Å². The Hall–Kier alpha value is -2.63. The molecule has 5 heteroatoms. The first-order valence-electron chi connectivity index (χ1n) is 13.1. The Labute approximate surface area is 202 Å². The maximum atomic E-state index is 13.5. The van der Waals surface area contributed by atoms with Gasteiger partial charge in [-0.25, -0.2) is 0 Å². The molecule has 6 rings (SSSR count). The Morgan fingerprint density at radius 2 is 1.74 bits per heavy atom. The number of piperazine rings is 1. The van der Waals surface area contributed by atoms with Crippen molar-refractivity contribution in [3.63, 3.8) is 0 Å². The van der Waals surface area contributed by atoms with Crippen LogP contribution in [0, 0.1) is 5.92 Å². The van der Waals surface area contributed by atoms with Crippen LogP contribution in [0.3, 0.4) is 0 Å². The molecule has 2 aliphatic heterocycles. The van der Waals surface area contributed by atoms with E-state index in [1.54, 1.807) is 0 Å². The van der Waals surface area contributed by atoms with E-state index < -0.39 is 0 Å². The third-order valence-electron chi connectivity index (χ3n) is 8.54. The Morgan fingerprint density at radius 3 is 2.50 bits per heavy atom. The summed E-state index contributed by atoms with van der Waals surface area (Å²) in [7, 11) is 0. The number of H-pyrrole nitrogens is 1. The van der Waals surface area contributed by atoms with Crippen LogP contribution in [-0.2, 0) is 0 Å². The normalized spacial score (nSPS) is 24.9. The molecule has 2 atom stereocenters. The summed E-state index contributed by atoms with van der Waals surface area (Å²) >= 11 is 0. The van der Waals surface area contributed by atoms with Crippen LogP contribution in [0.5, 0.6) is 0 Å². The van der Waals surface area contributed by atoms with Crippen LogP contribution in [0.25, 0.3) is 10.9 Å². The molecule has 0 spiro atoms. The molecule has 34 heavy (non-hydrogen) atoms. The van der Waals surface area contributed by atoms with Gasteiger partial charge in [0.2, 0.25) is 0 Å². The minimum Gasteiger partial charge on any atom is -0.361 e. The number of rotatable bonds is 5. The number of nitrogens with zero attached hydrogens (tertiary/aromatic N) is 3. The molecule has 3 aromatic rings. The van der Waals surface area contributed by atoms with Crippen molar-refractivity contribution in [1.82, 2.24) is 19.7 Å². The lowest BCUT2D eigenvalue weighted by molar-refractivity contribution is 0.0387. The van der Waals surface area contributed by atoms with Crippen molar-refractivity contribution in [2.75, 3.05) is 45.8 Å². The van der Waals surface area contributed by atoms with E-state index >= 15 is 0 Å². The summed E-state index contributed by atoms with van der Waals surface area (Å²) in [6.45, 7) is 7.46. The Bertz CT molecular complexity index is 1110. The fourth-order valence-corrected chi connectivity index (χ4v) is 6.30. The molecule has 2 unspecified atom stereocenters. The first-order chi connectivity index (χ1) is 16.7. The third kappa shape index (κ3) is 4.39. The number of nitrogens with one attached hydrogen (secondary N) is 1. The molecule has 1 aromatic heterocycles. The van der Waals surface area contributed by atoms with Gasteiger partial charge in [0.1, 0.15) is 0 Å². The van der Waals surface area contributed by atoms with Gasteiger partial charge in [0.15, 0.2) is 0 Å². The summed E-state index contributed by atoms with van der Waals surface area (Å²) in [6, 6.07) is 19.9. The molecule has 2 aromatic carbocycles. The van der Waals surface area contributed by atoms with Crippen LogP contribution in [0.1, 0.15) is 47.5 Å². The second-order valence-corrected chi connectivity index (χ2v) is 10.5. The number of carbonyl (C=O) groups is 1. The van der Waals surface area contributed by atoms with Gasteiger partial charge in [-0.1, -0.05) is 42.8 Å². The first kappa shape index (κ1) is 21.9. The van der Waals surface area contributed by atoms with Gasteiger partial charge < -0.3 is 14.8 Å². The zero-order valence-corrected chi connectivity index (χ0v) is 20.0. The molecule has 3 fully saturated rings. The highest BCUT2D eigenvalue weighted by atomic mass is 16.2. The number of amides is 1. The average Bonchev–Trinajstić information content (AvgIpc) is 3.32. The molecule has 1 saturated carbocycles. The molecule has 0 bridgehead atoms. The van der Waals surface area contributed by atoms with Crippen molar-refractivity contribution < 1.29 is 4.79 Å². The molecule has 3 aliphatic rings. The largest absolute Gasteiger partial charge is 0.361 e. The van der Waals surface area contributed by atoms with Crippen molar-refractivity contribution in [3.05, 3.63) is 71.9 Å². The Morgan fingerprint density at radius 1 is 0.912 bits per heavy atom. The first-order valence-corrected chi connectivity index (χ1v) is 13.1. The molecule has 1 amide bonds. The van der Waals surface area contributed by atoms with E-state index in [0.29, 0.717) is 11.8 Å². The number of piperidine rings is 1. The van der Waals surface area contributed by atoms with Gasteiger partial charge in [-0.2, -0.15) is 0 Å². The van der Waals surface area contributed by atoms with Crippen LogP contribution < -0.4 is 0 Å². The van der Waals surface area contributed by atoms with E-state index in [4.69, 9.17) is 0 Å². The third-order valence-corrected chi connectivity index (χ3v) is 8.54. The predicted octanol–water partition coefficient (Wildman–Crippen LogP) is 4.58. The number of carbonyl (C=O) groups excluding carboxylic acids is 1. The van der Waals surface area contributed by atoms with Crippen LogP contribution >= 0.6 is 0 Å². The van der Waals surface area contributed by atoms with E-state index in [1.165, 1.54) is 37.9 Å². The van der Waals surface area contributed by atoms with Gasteiger partial charge in [-0.3, -0.25) is 9.69 Å². The van der Waals surface area contributed by atoms with Gasteiger partial charge >= 0.3 is 0 Å². The molecule has 5 nitrogen and oxygen atoms in total. The van der Waals surface area contributed by atoms with Gasteiger partial charge in [0.25, 0.3) is 5.91 Å². The average molecular weight is 457 g/mol. The van der Waals surface area contributed by atoms with Crippen LogP contribution in [0.15, 0.2) is 60.8 Å². The zero-order chi connectivity index (χ0) is 22.9. The molecule has 1 N–H and O–H groups in total. The summed E-state index contributed by atoms with van der Waals surface area (Å²) in [4.78, 5) is 24.2. The van der Waals surface area contributed by atoms with Gasteiger partial charge in [-0.15, -0.1) is 0 Å². The number of fused-ring (bicyclic) bond motifs is 1. The number of aromatic nitrogens is 1. The fourth-order valence-electron chi connectivity index (χ4n) is 6.30. The van der Waals surface area contributed by atoms with Crippen molar-refractivity contribution in [2.24, 2.45) is 5.92 Å². The minimum atomic E-state index is 0.169. The van der Waals surface area contributed by atoms with E-state index in [-0.39, 0.29) is 5.91 Å². The van der Waals surface area contributed by atoms with E-state index in [0.717, 1.165) is 61.7 Å². The van der Waals surface area contributed by atoms with E-state index in [9.17, 15) is 4.79 Å². The summed E-state index contributed by atoms with van der Waals surface area (Å²) < 4.78 is 0. The fraction of sp³-hybridized carbons (Fsp3) is 0.483. The molecule has 1 aliphatic carbocycles. The molecular formula is C29H36N4O. The maximum Gasteiger partial charge on any atom is 0.253 e. The molecule has 0 radical (unpaired) electrons. The molecule has 178 valence electrons. The summed E-state index contributed by atoms with van der Waals surface area (Å²) in [5.74, 6) is 1.15. The van der Waals surface area contributed by atoms with Gasteiger partial charge in [-0.05, 0) is 60.2 Å². The number of aromatic amines is 1. The van der Waals surface area contributed by atoms with Crippen LogP contribution in [0.4, 0.5) is 0 Å². The number of benzene rings is 2. The monoisotopic (exact) mass is 456 g/mol. The molecule has 2 saturated heterocycles. The van der Waals surface area contributed by atoms with Crippen molar-refractivity contribution >= 4 is 16.8 Å². The second kappa shape index (κ2) is 9.55. The molecule has 3 heterocycles. The quantitative estimate of drug-likeness (QED) is 0.611. The smallest absolute Gasteiger partial charge is 0.253 e. The lowest BCUT2D eigenvalue weighted by atomic mass is 9.79. The highest BCUT2D eigenvalue weighted by Gasteiger charge is 2.35. The highest BCUT2D eigenvalue weighted by molar-refractivity contribution is 5.98. The standard InChI is InChI=1S/C29H36N4O/c34-29(24-10-9-23-11-13-30-28(23)19-24)33-14-12-27(22-5-2-1-3-6-22)25(21-33)20-31-15-17-32(18-16-31)26-7-4-8-26/h1-3,5-6,9-11,13,19,25-27,30H,4,7-8,12,14-18,20-21H2. The topological polar surface area (TPSA) is 42.6 Å². The van der Waals surface area contributed by atoms with E-state index in [1.807, 2.05) is 18.3 Å². The lowest BCUT2D eigenvalue weighted by Gasteiger charge is -2.45. The SMILES string of the molecule is O=C(c1ccc2cc[nH]c2c1)N1CCC(c2ccccc2)C(CN2CCN(C3CCC3)CC2)C1. The number of hydrogen-bond acceptors (Lipinski definition) is 3. The van der Waals surface area contributed by atoms with Crippen LogP contribution in [0.2, 0.25) is 0 Å². The predicted molar refractivity (Wildman–Crippen MR) is 137 cm³/mol. The Kier molecular flexibility index (Phi) is 6.15. The van der Waals surface area contributed by atoms with Gasteiger partial charge in [0, 0.05) is 69.1 Å². The second-order valence-electron chi connectivity index (χ2n) is 10.5. The summed E-state index contributed by atoms with van der Waals surface area (Å²) in [5.41, 5.74) is 3.26. The van der Waals surface area contributed by atoms with Crippen LogP contribution in [-0.4, -0.2) is 77.4 Å². The van der Waals surface area contributed by atoms with Crippen molar-refractivity contribution in [2.45, 2.75) is 37.6 Å².